The third-order valence-electron chi connectivity index (χ3n) is 5.16. The van der Waals surface area contributed by atoms with Crippen LogP contribution in [0.4, 0.5) is 0 Å². The van der Waals surface area contributed by atoms with Gasteiger partial charge in [0.05, 0.1) is 5.60 Å². The van der Waals surface area contributed by atoms with Crippen LogP contribution in [0.15, 0.2) is 36.9 Å². The Balaban J connectivity index is 1.66. The largest absolute Gasteiger partial charge is 0.385 e. The summed E-state index contributed by atoms with van der Waals surface area (Å²) in [5.74, 6) is 1.21. The Labute approximate surface area is 163 Å². The van der Waals surface area contributed by atoms with Gasteiger partial charge in [-0.15, -0.1) is 0 Å². The highest BCUT2D eigenvalue weighted by Crippen LogP contribution is 2.34. The van der Waals surface area contributed by atoms with Crippen LogP contribution in [-0.2, 0) is 15.2 Å². The summed E-state index contributed by atoms with van der Waals surface area (Å²) < 4.78 is 0. The molecule has 0 saturated carbocycles. The molecule has 5 nitrogen and oxygen atoms in total. The first-order chi connectivity index (χ1) is 12.4. The summed E-state index contributed by atoms with van der Waals surface area (Å²) in [4.78, 5) is 28.4. The fourth-order valence-electron chi connectivity index (χ4n) is 3.55. The number of aliphatic hydroxyl groups is 1. The minimum atomic E-state index is -0.945. The number of benzene rings is 1. The molecule has 0 bridgehead atoms. The topological polar surface area (TPSA) is 60.9 Å². The lowest BCUT2D eigenvalue weighted by Gasteiger charge is -2.42. The number of piperidine rings is 1. The first-order valence-corrected chi connectivity index (χ1v) is 10.3. The van der Waals surface area contributed by atoms with Gasteiger partial charge < -0.3 is 14.9 Å². The maximum absolute atomic E-state index is 13.0. The Morgan fingerprint density at radius 2 is 1.88 bits per heavy atom. The van der Waals surface area contributed by atoms with Crippen molar-refractivity contribution in [3.63, 3.8) is 0 Å². The summed E-state index contributed by atoms with van der Waals surface area (Å²) in [5, 5.41) is 11.6. The van der Waals surface area contributed by atoms with Crippen molar-refractivity contribution >= 4 is 35.2 Å². The summed E-state index contributed by atoms with van der Waals surface area (Å²) in [6.45, 7) is 5.03. The number of rotatable bonds is 3. The fraction of sp³-hybridized carbons (Fsp3) is 0.474. The maximum Gasteiger partial charge on any atom is 0.246 e. The molecule has 0 aromatic heterocycles. The van der Waals surface area contributed by atoms with Crippen molar-refractivity contribution in [1.29, 1.82) is 0 Å². The van der Waals surface area contributed by atoms with Crippen molar-refractivity contribution in [2.24, 2.45) is 0 Å². The molecule has 7 heteroatoms. The van der Waals surface area contributed by atoms with Crippen LogP contribution in [-0.4, -0.2) is 63.9 Å². The number of carbonyl (C=O) groups is 2. The molecule has 2 fully saturated rings. The van der Waals surface area contributed by atoms with Crippen molar-refractivity contribution in [3.8, 4) is 0 Å². The average Bonchev–Trinajstić information content (AvgIpc) is 2.68. The molecule has 1 atom stereocenters. The van der Waals surface area contributed by atoms with E-state index >= 15 is 0 Å². The normalized spacial score (nSPS) is 22.8. The van der Waals surface area contributed by atoms with Gasteiger partial charge in [-0.3, -0.25) is 9.59 Å². The number of nitrogens with zero attached hydrogens (tertiary/aromatic N) is 2. The molecule has 140 valence electrons. The van der Waals surface area contributed by atoms with Crippen molar-refractivity contribution in [3.05, 3.63) is 47.5 Å². The van der Waals surface area contributed by atoms with Crippen molar-refractivity contribution in [2.45, 2.75) is 24.5 Å². The number of amides is 2. The van der Waals surface area contributed by atoms with E-state index in [0.717, 1.165) is 11.3 Å². The van der Waals surface area contributed by atoms with E-state index < -0.39 is 11.6 Å². The van der Waals surface area contributed by atoms with Gasteiger partial charge in [0.25, 0.3) is 0 Å². The SMILES string of the molecule is C=CC(=O)N1CCSCC1C(=O)N1CCC(O)(c2ccc(Cl)cc2)CC1. The highest BCUT2D eigenvalue weighted by atomic mass is 35.5. The van der Waals surface area contributed by atoms with E-state index in [1.165, 1.54) is 6.08 Å². The molecule has 0 spiro atoms. The Kier molecular flexibility index (Phi) is 5.95. The van der Waals surface area contributed by atoms with Crippen LogP contribution >= 0.6 is 23.4 Å². The van der Waals surface area contributed by atoms with E-state index in [0.29, 0.717) is 43.3 Å². The highest BCUT2D eigenvalue weighted by molar-refractivity contribution is 7.99. The number of hydrogen-bond acceptors (Lipinski definition) is 4. The summed E-state index contributed by atoms with van der Waals surface area (Å²) in [5.41, 5.74) is -0.120. The van der Waals surface area contributed by atoms with Crippen LogP contribution < -0.4 is 0 Å². The van der Waals surface area contributed by atoms with Gasteiger partial charge in [0.1, 0.15) is 6.04 Å². The van der Waals surface area contributed by atoms with Crippen LogP contribution in [0.3, 0.4) is 0 Å². The molecule has 2 heterocycles. The summed E-state index contributed by atoms with van der Waals surface area (Å²) >= 11 is 7.61. The molecule has 0 radical (unpaired) electrons. The van der Waals surface area contributed by atoms with Crippen molar-refractivity contribution in [1.82, 2.24) is 9.80 Å². The van der Waals surface area contributed by atoms with Crippen LogP contribution in [0.5, 0.6) is 0 Å². The van der Waals surface area contributed by atoms with E-state index in [9.17, 15) is 14.7 Å². The molecule has 1 aromatic carbocycles. The number of hydrogen-bond donors (Lipinski definition) is 1. The molecular weight excluding hydrogens is 372 g/mol. The second-order valence-electron chi connectivity index (χ2n) is 6.69. The first kappa shape index (κ1) is 19.3. The minimum Gasteiger partial charge on any atom is -0.385 e. The number of carbonyl (C=O) groups excluding carboxylic acids is 2. The second kappa shape index (κ2) is 8.03. The number of halogens is 1. The zero-order valence-electron chi connectivity index (χ0n) is 14.6. The smallest absolute Gasteiger partial charge is 0.246 e. The van der Waals surface area contributed by atoms with Gasteiger partial charge in [-0.2, -0.15) is 11.8 Å². The molecule has 2 saturated heterocycles. The van der Waals surface area contributed by atoms with Gasteiger partial charge in [-0.1, -0.05) is 30.3 Å². The fourth-order valence-corrected chi connectivity index (χ4v) is 4.71. The molecule has 2 aliphatic heterocycles. The van der Waals surface area contributed by atoms with Crippen LogP contribution in [0, 0.1) is 0 Å². The zero-order valence-corrected chi connectivity index (χ0v) is 16.1. The Bertz CT molecular complexity index is 687. The average molecular weight is 395 g/mol. The Morgan fingerprint density at radius 1 is 1.23 bits per heavy atom. The summed E-state index contributed by atoms with van der Waals surface area (Å²) in [7, 11) is 0. The number of thioether (sulfide) groups is 1. The maximum atomic E-state index is 13.0. The lowest BCUT2D eigenvalue weighted by molar-refractivity contribution is -0.146. The predicted octanol–water partition coefficient (Wildman–Crippen LogP) is 2.28. The third-order valence-corrected chi connectivity index (χ3v) is 6.43. The molecule has 26 heavy (non-hydrogen) atoms. The van der Waals surface area contributed by atoms with E-state index in [1.54, 1.807) is 33.7 Å². The Hall–Kier alpha value is -1.50. The van der Waals surface area contributed by atoms with E-state index in [1.807, 2.05) is 12.1 Å². The van der Waals surface area contributed by atoms with Gasteiger partial charge >= 0.3 is 0 Å². The zero-order chi connectivity index (χ0) is 18.7. The number of likely N-dealkylation sites (tertiary alicyclic amines) is 1. The molecular formula is C19H23ClN2O3S. The lowest BCUT2D eigenvalue weighted by atomic mass is 9.84. The molecule has 3 rings (SSSR count). The van der Waals surface area contributed by atoms with E-state index in [2.05, 4.69) is 6.58 Å². The van der Waals surface area contributed by atoms with Gasteiger partial charge in [0.15, 0.2) is 0 Å². The van der Waals surface area contributed by atoms with Crippen LogP contribution in [0.1, 0.15) is 18.4 Å². The monoisotopic (exact) mass is 394 g/mol. The first-order valence-electron chi connectivity index (χ1n) is 8.72. The molecule has 1 N–H and O–H groups in total. The molecule has 0 aliphatic carbocycles. The highest BCUT2D eigenvalue weighted by Gasteiger charge is 2.39. The van der Waals surface area contributed by atoms with E-state index in [-0.39, 0.29) is 11.8 Å². The summed E-state index contributed by atoms with van der Waals surface area (Å²) in [6, 6.07) is 6.76. The minimum absolute atomic E-state index is 0.0365. The standard InChI is InChI=1S/C19H23ClN2O3S/c1-2-17(23)22-11-12-26-13-16(22)18(24)21-9-7-19(25,8-10-21)14-3-5-15(20)6-4-14/h2-6,16,25H,1,7-13H2. The summed E-state index contributed by atoms with van der Waals surface area (Å²) in [6.07, 6.45) is 2.21. The predicted molar refractivity (Wildman–Crippen MR) is 104 cm³/mol. The van der Waals surface area contributed by atoms with Crippen molar-refractivity contribution in [2.75, 3.05) is 31.1 Å². The molecule has 2 aliphatic rings. The van der Waals surface area contributed by atoms with Gasteiger partial charge in [0.2, 0.25) is 11.8 Å². The van der Waals surface area contributed by atoms with E-state index in [4.69, 9.17) is 11.6 Å². The molecule has 2 amide bonds. The third kappa shape index (κ3) is 3.92. The van der Waals surface area contributed by atoms with Crippen LogP contribution in [0.25, 0.3) is 0 Å². The van der Waals surface area contributed by atoms with Crippen molar-refractivity contribution < 1.29 is 14.7 Å². The second-order valence-corrected chi connectivity index (χ2v) is 8.28. The quantitative estimate of drug-likeness (QED) is 0.799. The lowest BCUT2D eigenvalue weighted by Crippen LogP contribution is -2.56. The molecule has 1 aromatic rings. The molecule has 1 unspecified atom stereocenters. The van der Waals surface area contributed by atoms with Gasteiger partial charge in [-0.25, -0.2) is 0 Å². The van der Waals surface area contributed by atoms with Gasteiger partial charge in [-0.05, 0) is 36.6 Å². The van der Waals surface area contributed by atoms with Gasteiger partial charge in [0, 0.05) is 36.2 Å². The Morgan fingerprint density at radius 3 is 2.50 bits per heavy atom. The van der Waals surface area contributed by atoms with Crippen LogP contribution in [0.2, 0.25) is 5.02 Å².